The fourth-order valence-electron chi connectivity index (χ4n) is 4.43. The minimum atomic E-state index is 1.19. The Hall–Kier alpha value is -2.34. The highest BCUT2D eigenvalue weighted by molar-refractivity contribution is 6.17. The highest BCUT2D eigenvalue weighted by Gasteiger charge is 2.07. The van der Waals surface area contributed by atoms with Gasteiger partial charge in [0.05, 0.1) is 0 Å². The number of rotatable bonds is 8. The van der Waals surface area contributed by atoms with Gasteiger partial charge in [-0.05, 0) is 69.1 Å². The summed E-state index contributed by atoms with van der Waals surface area (Å²) in [5.74, 6) is 0. The molecule has 0 atom stereocenters. The van der Waals surface area contributed by atoms with E-state index in [1.54, 1.807) is 0 Å². The van der Waals surface area contributed by atoms with E-state index in [2.05, 4.69) is 74.5 Å². The van der Waals surface area contributed by atoms with Crippen LogP contribution in [0, 0.1) is 0 Å². The highest BCUT2D eigenvalue weighted by Crippen LogP contribution is 2.32. The normalized spacial score (nSPS) is 11.6. The maximum absolute atomic E-state index is 2.43. The second-order valence-corrected chi connectivity index (χ2v) is 8.25. The molecule has 0 nitrogen and oxygen atoms in total. The molecule has 0 amide bonds. The van der Waals surface area contributed by atoms with Gasteiger partial charge in [-0.15, -0.1) is 0 Å². The maximum atomic E-state index is 2.43. The molecule has 28 heavy (non-hydrogen) atoms. The van der Waals surface area contributed by atoms with E-state index in [9.17, 15) is 0 Å². The van der Waals surface area contributed by atoms with Gasteiger partial charge in [0.2, 0.25) is 0 Å². The summed E-state index contributed by atoms with van der Waals surface area (Å²) in [5, 5.41) is 8.31. The quantitative estimate of drug-likeness (QED) is 0.216. The summed E-state index contributed by atoms with van der Waals surface area (Å²) in [6.07, 6.45) is 10.2. The number of aryl methyl sites for hydroxylation is 2. The Morgan fingerprint density at radius 2 is 0.893 bits per heavy atom. The average Bonchev–Trinajstić information content (AvgIpc) is 2.73. The number of hydrogen-bond acceptors (Lipinski definition) is 0. The molecule has 0 spiro atoms. The SMILES string of the molecule is CCCCCc1ccc2ccc3c4cc(CCCCC)ccc4ccc3c2c1. The number of unbranched alkanes of at least 4 members (excludes halogenated alkanes) is 4. The molecular formula is C28H32. The molecule has 0 bridgehead atoms. The van der Waals surface area contributed by atoms with Crippen molar-refractivity contribution < 1.29 is 0 Å². The molecule has 0 aliphatic carbocycles. The fraction of sp³-hybridized carbons (Fsp3) is 0.357. The van der Waals surface area contributed by atoms with E-state index in [1.807, 2.05) is 0 Å². The molecule has 4 aromatic rings. The van der Waals surface area contributed by atoms with E-state index in [4.69, 9.17) is 0 Å². The van der Waals surface area contributed by atoms with E-state index in [0.29, 0.717) is 0 Å². The number of fused-ring (bicyclic) bond motifs is 5. The monoisotopic (exact) mass is 368 g/mol. The van der Waals surface area contributed by atoms with Gasteiger partial charge in [-0.3, -0.25) is 0 Å². The topological polar surface area (TPSA) is 0 Å². The van der Waals surface area contributed by atoms with Crippen molar-refractivity contribution in [3.05, 3.63) is 71.8 Å². The molecule has 0 saturated heterocycles. The molecule has 0 unspecified atom stereocenters. The lowest BCUT2D eigenvalue weighted by Gasteiger charge is -2.11. The summed E-state index contributed by atoms with van der Waals surface area (Å²) in [7, 11) is 0. The second kappa shape index (κ2) is 8.78. The Balaban J connectivity index is 1.79. The van der Waals surface area contributed by atoms with Crippen LogP contribution >= 0.6 is 0 Å². The van der Waals surface area contributed by atoms with Crippen molar-refractivity contribution in [2.45, 2.75) is 65.2 Å². The second-order valence-electron chi connectivity index (χ2n) is 8.25. The predicted octanol–water partition coefficient (Wildman–Crippen LogP) is 8.61. The minimum Gasteiger partial charge on any atom is -0.0654 e. The summed E-state index contributed by atoms with van der Waals surface area (Å²) >= 11 is 0. The van der Waals surface area contributed by atoms with Crippen LogP contribution < -0.4 is 0 Å². The third-order valence-electron chi connectivity index (χ3n) is 6.10. The smallest absolute Gasteiger partial charge is 0.00989 e. The molecule has 0 aromatic heterocycles. The molecule has 0 heteroatoms. The van der Waals surface area contributed by atoms with Crippen molar-refractivity contribution in [1.82, 2.24) is 0 Å². The number of hydrogen-bond donors (Lipinski definition) is 0. The van der Waals surface area contributed by atoms with Crippen LogP contribution in [0.15, 0.2) is 60.7 Å². The van der Waals surface area contributed by atoms with E-state index in [0.717, 1.165) is 0 Å². The van der Waals surface area contributed by atoms with Crippen LogP contribution in [0.5, 0.6) is 0 Å². The van der Waals surface area contributed by atoms with Gasteiger partial charge in [0.25, 0.3) is 0 Å². The molecule has 0 radical (unpaired) electrons. The van der Waals surface area contributed by atoms with Crippen molar-refractivity contribution in [3.8, 4) is 0 Å². The molecule has 0 aliphatic rings. The lowest BCUT2D eigenvalue weighted by Crippen LogP contribution is -1.88. The molecule has 4 rings (SSSR count). The van der Waals surface area contributed by atoms with E-state index in [1.165, 1.54) is 94.8 Å². The maximum Gasteiger partial charge on any atom is -0.00989 e. The van der Waals surface area contributed by atoms with Crippen LogP contribution in [0.25, 0.3) is 32.3 Å². The zero-order valence-electron chi connectivity index (χ0n) is 17.4. The molecule has 4 aromatic carbocycles. The third kappa shape index (κ3) is 3.92. The predicted molar refractivity (Wildman–Crippen MR) is 125 cm³/mol. The summed E-state index contributed by atoms with van der Waals surface area (Å²) in [5.41, 5.74) is 2.95. The summed E-state index contributed by atoms with van der Waals surface area (Å²) < 4.78 is 0. The van der Waals surface area contributed by atoms with Gasteiger partial charge in [-0.25, -0.2) is 0 Å². The zero-order chi connectivity index (χ0) is 19.3. The Kier molecular flexibility index (Phi) is 5.95. The Bertz CT molecular complexity index is 998. The van der Waals surface area contributed by atoms with Gasteiger partial charge in [-0.2, -0.15) is 0 Å². The van der Waals surface area contributed by atoms with Gasteiger partial charge in [-0.1, -0.05) is 100 Å². The lowest BCUT2D eigenvalue weighted by atomic mass is 9.93. The van der Waals surface area contributed by atoms with Gasteiger partial charge in [0, 0.05) is 0 Å². The van der Waals surface area contributed by atoms with Crippen LogP contribution in [0.1, 0.15) is 63.5 Å². The first kappa shape index (κ1) is 19.0. The van der Waals surface area contributed by atoms with Gasteiger partial charge in [0.15, 0.2) is 0 Å². The van der Waals surface area contributed by atoms with Crippen LogP contribution in [0.3, 0.4) is 0 Å². The molecule has 0 fully saturated rings. The summed E-state index contributed by atoms with van der Waals surface area (Å²) in [6, 6.07) is 23.4. The largest absolute Gasteiger partial charge is 0.0654 e. The lowest BCUT2D eigenvalue weighted by molar-refractivity contribution is 0.718. The van der Waals surface area contributed by atoms with Gasteiger partial charge >= 0.3 is 0 Å². The Morgan fingerprint density at radius 3 is 1.32 bits per heavy atom. The Labute approximate surface area is 169 Å². The van der Waals surface area contributed by atoms with Crippen molar-refractivity contribution in [3.63, 3.8) is 0 Å². The van der Waals surface area contributed by atoms with E-state index >= 15 is 0 Å². The van der Waals surface area contributed by atoms with E-state index < -0.39 is 0 Å². The molecule has 0 aliphatic heterocycles. The Morgan fingerprint density at radius 1 is 0.464 bits per heavy atom. The van der Waals surface area contributed by atoms with Gasteiger partial charge < -0.3 is 0 Å². The number of benzene rings is 4. The minimum absolute atomic E-state index is 1.19. The van der Waals surface area contributed by atoms with Crippen LogP contribution in [-0.2, 0) is 12.8 Å². The molecule has 144 valence electrons. The summed E-state index contributed by atoms with van der Waals surface area (Å²) in [4.78, 5) is 0. The van der Waals surface area contributed by atoms with E-state index in [-0.39, 0.29) is 0 Å². The standard InChI is InChI=1S/C28H32/c1-3-5-7-9-21-11-13-23-15-18-26-25(27(23)19-21)17-16-24-14-12-22(20-28(24)26)10-8-6-4-2/h11-20H,3-10H2,1-2H3. The van der Waals surface area contributed by atoms with Crippen molar-refractivity contribution in [2.75, 3.05) is 0 Å². The van der Waals surface area contributed by atoms with Crippen LogP contribution in [0.2, 0.25) is 0 Å². The summed E-state index contributed by atoms with van der Waals surface area (Å²) in [6.45, 7) is 4.55. The average molecular weight is 369 g/mol. The molecule has 0 saturated carbocycles. The first-order valence-corrected chi connectivity index (χ1v) is 11.2. The van der Waals surface area contributed by atoms with Crippen molar-refractivity contribution in [1.29, 1.82) is 0 Å². The molecule has 0 heterocycles. The molecular weight excluding hydrogens is 336 g/mol. The van der Waals surface area contributed by atoms with Crippen molar-refractivity contribution in [2.24, 2.45) is 0 Å². The molecule has 0 N–H and O–H groups in total. The van der Waals surface area contributed by atoms with Crippen molar-refractivity contribution >= 4 is 32.3 Å². The van der Waals surface area contributed by atoms with Gasteiger partial charge in [0.1, 0.15) is 0 Å². The fourth-order valence-corrected chi connectivity index (χ4v) is 4.43. The van der Waals surface area contributed by atoms with Crippen LogP contribution in [-0.4, -0.2) is 0 Å². The zero-order valence-corrected chi connectivity index (χ0v) is 17.4. The first-order chi connectivity index (χ1) is 13.8. The van der Waals surface area contributed by atoms with Crippen LogP contribution in [0.4, 0.5) is 0 Å². The first-order valence-electron chi connectivity index (χ1n) is 11.2. The third-order valence-corrected chi connectivity index (χ3v) is 6.10. The highest BCUT2D eigenvalue weighted by atomic mass is 14.1.